The molecule has 19 heavy (non-hydrogen) atoms. The van der Waals surface area contributed by atoms with Gasteiger partial charge in [-0.3, -0.25) is 4.79 Å². The van der Waals surface area contributed by atoms with Gasteiger partial charge < -0.3 is 10.6 Å². The second-order valence-electron chi connectivity index (χ2n) is 5.37. The number of aryl methyl sites for hydroxylation is 1. The molecule has 0 saturated heterocycles. The number of hydrogen-bond acceptors (Lipinski definition) is 2. The van der Waals surface area contributed by atoms with Crippen molar-refractivity contribution in [2.24, 2.45) is 5.73 Å². The maximum absolute atomic E-state index is 12.5. The molecular formula is C16H26N2O. The number of hydrogen-bond donors (Lipinski definition) is 1. The fourth-order valence-corrected chi connectivity index (χ4v) is 2.15. The maximum Gasteiger partial charge on any atom is 0.242 e. The van der Waals surface area contributed by atoms with Crippen molar-refractivity contribution in [2.75, 3.05) is 7.05 Å². The summed E-state index contributed by atoms with van der Waals surface area (Å²) in [6.07, 6.45) is 1.32. The number of nitrogens with zero attached hydrogens (tertiary/aromatic N) is 1. The van der Waals surface area contributed by atoms with Gasteiger partial charge in [0.15, 0.2) is 0 Å². The van der Waals surface area contributed by atoms with E-state index in [1.165, 1.54) is 5.56 Å². The van der Waals surface area contributed by atoms with Crippen LogP contribution in [0.25, 0.3) is 0 Å². The van der Waals surface area contributed by atoms with Gasteiger partial charge in [0.2, 0.25) is 5.91 Å². The van der Waals surface area contributed by atoms with E-state index in [0.29, 0.717) is 12.8 Å². The maximum atomic E-state index is 12.5. The number of rotatable bonds is 5. The number of benzene rings is 1. The van der Waals surface area contributed by atoms with Crippen molar-refractivity contribution < 1.29 is 4.79 Å². The summed E-state index contributed by atoms with van der Waals surface area (Å²) in [6, 6.07) is 8.31. The first-order chi connectivity index (χ1) is 8.85. The van der Waals surface area contributed by atoms with Gasteiger partial charge in [-0.2, -0.15) is 0 Å². The van der Waals surface area contributed by atoms with E-state index in [1.54, 1.807) is 4.90 Å². The second-order valence-corrected chi connectivity index (χ2v) is 5.37. The minimum absolute atomic E-state index is 0.0191. The summed E-state index contributed by atoms with van der Waals surface area (Å²) < 4.78 is 0. The fourth-order valence-electron chi connectivity index (χ4n) is 2.15. The van der Waals surface area contributed by atoms with Crippen LogP contribution in [0.15, 0.2) is 24.3 Å². The molecule has 1 aromatic rings. The highest BCUT2D eigenvalue weighted by Gasteiger charge is 2.34. The molecule has 0 aliphatic carbocycles. The Morgan fingerprint density at radius 2 is 1.74 bits per heavy atom. The molecule has 0 heterocycles. The van der Waals surface area contributed by atoms with Crippen LogP contribution in [0.5, 0.6) is 0 Å². The monoisotopic (exact) mass is 262 g/mol. The first kappa shape index (κ1) is 15.7. The molecule has 3 heteroatoms. The third-order valence-corrected chi connectivity index (χ3v) is 4.15. The van der Waals surface area contributed by atoms with E-state index in [0.717, 1.165) is 5.56 Å². The molecule has 1 amide bonds. The van der Waals surface area contributed by atoms with E-state index in [4.69, 9.17) is 5.73 Å². The molecular weight excluding hydrogens is 236 g/mol. The van der Waals surface area contributed by atoms with Gasteiger partial charge in [-0.05, 0) is 32.3 Å². The lowest BCUT2D eigenvalue weighted by atomic mass is 9.91. The van der Waals surface area contributed by atoms with E-state index in [9.17, 15) is 4.79 Å². The Morgan fingerprint density at radius 3 is 2.16 bits per heavy atom. The van der Waals surface area contributed by atoms with Crippen LogP contribution in [-0.2, 0) is 4.79 Å². The summed E-state index contributed by atoms with van der Waals surface area (Å²) in [5.41, 5.74) is 7.81. The Hall–Kier alpha value is -1.35. The van der Waals surface area contributed by atoms with Crippen molar-refractivity contribution in [3.05, 3.63) is 35.4 Å². The molecule has 0 aliphatic heterocycles. The lowest BCUT2D eigenvalue weighted by Gasteiger charge is -2.34. The zero-order valence-electron chi connectivity index (χ0n) is 12.7. The molecule has 3 nitrogen and oxygen atoms in total. The molecule has 0 saturated carbocycles. The number of carbonyl (C=O) groups is 1. The van der Waals surface area contributed by atoms with Crippen molar-refractivity contribution >= 4 is 5.91 Å². The van der Waals surface area contributed by atoms with E-state index in [-0.39, 0.29) is 11.9 Å². The molecule has 1 unspecified atom stereocenters. The second kappa shape index (κ2) is 6.20. The van der Waals surface area contributed by atoms with Crippen molar-refractivity contribution in [2.45, 2.75) is 52.1 Å². The van der Waals surface area contributed by atoms with Crippen molar-refractivity contribution in [3.63, 3.8) is 0 Å². The van der Waals surface area contributed by atoms with Crippen molar-refractivity contribution in [1.29, 1.82) is 0 Å². The zero-order chi connectivity index (χ0) is 14.6. The minimum Gasteiger partial charge on any atom is -0.337 e. The number of likely N-dealkylation sites (N-methyl/N-ethyl adjacent to an activating group) is 1. The van der Waals surface area contributed by atoms with E-state index in [2.05, 4.69) is 31.2 Å². The highest BCUT2D eigenvalue weighted by molar-refractivity contribution is 5.86. The number of amides is 1. The third-order valence-electron chi connectivity index (χ3n) is 4.15. The molecule has 0 fully saturated rings. The Balaban J connectivity index is 2.90. The topological polar surface area (TPSA) is 46.3 Å². The van der Waals surface area contributed by atoms with Gasteiger partial charge >= 0.3 is 0 Å². The van der Waals surface area contributed by atoms with Crippen LogP contribution in [0.4, 0.5) is 0 Å². The molecule has 0 bridgehead atoms. The largest absolute Gasteiger partial charge is 0.337 e. The Bertz CT molecular complexity index is 421. The quantitative estimate of drug-likeness (QED) is 0.886. The van der Waals surface area contributed by atoms with Crippen LogP contribution in [0.2, 0.25) is 0 Å². The van der Waals surface area contributed by atoms with Crippen LogP contribution < -0.4 is 5.73 Å². The van der Waals surface area contributed by atoms with Gasteiger partial charge in [-0.1, -0.05) is 43.7 Å². The van der Waals surface area contributed by atoms with Crippen LogP contribution in [-0.4, -0.2) is 23.4 Å². The first-order valence-corrected chi connectivity index (χ1v) is 6.98. The molecule has 1 atom stereocenters. The van der Waals surface area contributed by atoms with Crippen LogP contribution >= 0.6 is 0 Å². The van der Waals surface area contributed by atoms with E-state index in [1.807, 2.05) is 27.8 Å². The predicted molar refractivity (Wildman–Crippen MR) is 79.9 cm³/mol. The summed E-state index contributed by atoms with van der Waals surface area (Å²) in [5, 5.41) is 0. The summed E-state index contributed by atoms with van der Waals surface area (Å²) in [4.78, 5) is 14.3. The molecule has 0 aliphatic rings. The number of nitrogens with two attached hydrogens (primary N) is 1. The zero-order valence-corrected chi connectivity index (χ0v) is 12.7. The van der Waals surface area contributed by atoms with Gasteiger partial charge in [0.05, 0.1) is 11.6 Å². The van der Waals surface area contributed by atoms with Gasteiger partial charge in [0, 0.05) is 7.05 Å². The summed E-state index contributed by atoms with van der Waals surface area (Å²) in [5.74, 6) is 0.0191. The van der Waals surface area contributed by atoms with Gasteiger partial charge in [0.1, 0.15) is 0 Å². The molecule has 1 rings (SSSR count). The van der Waals surface area contributed by atoms with Crippen LogP contribution in [0, 0.1) is 6.92 Å². The Kier molecular flexibility index (Phi) is 5.12. The number of carbonyl (C=O) groups excluding carboxylic acids is 1. The van der Waals surface area contributed by atoms with Gasteiger partial charge in [0.25, 0.3) is 0 Å². The molecule has 106 valence electrons. The van der Waals surface area contributed by atoms with Crippen molar-refractivity contribution in [1.82, 2.24) is 4.90 Å². The SMILES string of the molecule is CCC(N)(CC)C(=O)N(C)C(C)c1ccc(C)cc1. The van der Waals surface area contributed by atoms with Crippen LogP contribution in [0.3, 0.4) is 0 Å². The predicted octanol–water partition coefficient (Wildman–Crippen LogP) is 3.03. The van der Waals surface area contributed by atoms with E-state index >= 15 is 0 Å². The highest BCUT2D eigenvalue weighted by atomic mass is 16.2. The average molecular weight is 262 g/mol. The highest BCUT2D eigenvalue weighted by Crippen LogP contribution is 2.23. The standard InChI is InChI=1S/C16H26N2O/c1-6-16(17,7-2)15(19)18(5)13(4)14-10-8-12(3)9-11-14/h8-11,13H,6-7,17H2,1-5H3. The summed E-state index contributed by atoms with van der Waals surface area (Å²) >= 11 is 0. The summed E-state index contributed by atoms with van der Waals surface area (Å²) in [7, 11) is 1.83. The smallest absolute Gasteiger partial charge is 0.242 e. The molecule has 1 aromatic carbocycles. The lowest BCUT2D eigenvalue weighted by Crippen LogP contribution is -2.54. The molecule has 0 aromatic heterocycles. The Morgan fingerprint density at radius 1 is 1.26 bits per heavy atom. The van der Waals surface area contributed by atoms with E-state index < -0.39 is 5.54 Å². The van der Waals surface area contributed by atoms with Gasteiger partial charge in [-0.15, -0.1) is 0 Å². The summed E-state index contributed by atoms with van der Waals surface area (Å²) in [6.45, 7) is 8.02. The lowest BCUT2D eigenvalue weighted by molar-refractivity contribution is -0.138. The molecule has 0 spiro atoms. The minimum atomic E-state index is -0.742. The first-order valence-electron chi connectivity index (χ1n) is 6.98. The molecule has 0 radical (unpaired) electrons. The average Bonchev–Trinajstić information content (AvgIpc) is 2.44. The van der Waals surface area contributed by atoms with Crippen LogP contribution in [0.1, 0.15) is 50.8 Å². The normalized spacial score (nSPS) is 13.2. The van der Waals surface area contributed by atoms with Crippen molar-refractivity contribution in [3.8, 4) is 0 Å². The Labute approximate surface area is 116 Å². The third kappa shape index (κ3) is 3.35. The van der Waals surface area contributed by atoms with Gasteiger partial charge in [-0.25, -0.2) is 0 Å². The fraction of sp³-hybridized carbons (Fsp3) is 0.562. The molecule has 2 N–H and O–H groups in total.